The number of ether oxygens (including phenoxy) is 1. The highest BCUT2D eigenvalue weighted by Gasteiger charge is 2.14. The first-order chi connectivity index (χ1) is 8.29. The molecule has 1 atom stereocenters. The minimum Gasteiger partial charge on any atom is -0.385 e. The SMILES string of the molecule is N#Cc1ccc(NCCC2CCOC2)cc1Br. The van der Waals surface area contributed by atoms with E-state index in [2.05, 4.69) is 27.3 Å². The van der Waals surface area contributed by atoms with Crippen LogP contribution in [0.5, 0.6) is 0 Å². The molecule has 1 aromatic rings. The fraction of sp³-hybridized carbons (Fsp3) is 0.462. The molecular weight excluding hydrogens is 280 g/mol. The maximum Gasteiger partial charge on any atom is 0.100 e. The van der Waals surface area contributed by atoms with Crippen molar-refractivity contribution in [3.63, 3.8) is 0 Å². The Morgan fingerprint density at radius 2 is 2.41 bits per heavy atom. The van der Waals surface area contributed by atoms with Crippen LogP contribution >= 0.6 is 15.9 Å². The van der Waals surface area contributed by atoms with Gasteiger partial charge in [-0.25, -0.2) is 0 Å². The third-order valence-electron chi connectivity index (χ3n) is 3.00. The molecule has 0 aromatic heterocycles. The highest BCUT2D eigenvalue weighted by Crippen LogP contribution is 2.21. The smallest absolute Gasteiger partial charge is 0.100 e. The predicted octanol–water partition coefficient (Wildman–Crippen LogP) is 3.16. The first kappa shape index (κ1) is 12.4. The average Bonchev–Trinajstić information content (AvgIpc) is 2.82. The summed E-state index contributed by atoms with van der Waals surface area (Å²) in [6.07, 6.45) is 2.32. The zero-order valence-electron chi connectivity index (χ0n) is 9.58. The summed E-state index contributed by atoms with van der Waals surface area (Å²) >= 11 is 3.38. The summed E-state index contributed by atoms with van der Waals surface area (Å²) in [5.41, 5.74) is 1.72. The maximum absolute atomic E-state index is 8.81. The number of nitriles is 1. The number of benzene rings is 1. The molecule has 2 rings (SSSR count). The lowest BCUT2D eigenvalue weighted by Gasteiger charge is -2.10. The lowest BCUT2D eigenvalue weighted by atomic mass is 10.1. The third-order valence-corrected chi connectivity index (χ3v) is 3.65. The van der Waals surface area contributed by atoms with Gasteiger partial charge in [0.25, 0.3) is 0 Å². The van der Waals surface area contributed by atoms with Gasteiger partial charge in [0.15, 0.2) is 0 Å². The second-order valence-corrected chi connectivity index (χ2v) is 5.11. The number of nitrogens with one attached hydrogen (secondary N) is 1. The highest BCUT2D eigenvalue weighted by molar-refractivity contribution is 9.10. The Hall–Kier alpha value is -1.05. The summed E-state index contributed by atoms with van der Waals surface area (Å²) in [4.78, 5) is 0. The van der Waals surface area contributed by atoms with E-state index in [-0.39, 0.29) is 0 Å². The monoisotopic (exact) mass is 294 g/mol. The molecular formula is C13H15BrN2O. The molecule has 1 N–H and O–H groups in total. The van der Waals surface area contributed by atoms with Crippen molar-refractivity contribution >= 4 is 21.6 Å². The van der Waals surface area contributed by atoms with Gasteiger partial charge in [-0.1, -0.05) is 0 Å². The van der Waals surface area contributed by atoms with Gasteiger partial charge in [-0.15, -0.1) is 0 Å². The minimum atomic E-state index is 0.666. The highest BCUT2D eigenvalue weighted by atomic mass is 79.9. The summed E-state index contributed by atoms with van der Waals surface area (Å²) in [6.45, 7) is 2.76. The topological polar surface area (TPSA) is 45.0 Å². The molecule has 1 unspecified atom stereocenters. The molecule has 1 fully saturated rings. The second kappa shape index (κ2) is 6.04. The van der Waals surface area contributed by atoms with E-state index in [0.29, 0.717) is 11.5 Å². The van der Waals surface area contributed by atoms with Crippen LogP contribution in [0.4, 0.5) is 5.69 Å². The molecule has 1 aliphatic rings. The number of nitrogens with zero attached hydrogens (tertiary/aromatic N) is 1. The lowest BCUT2D eigenvalue weighted by Crippen LogP contribution is -2.09. The van der Waals surface area contributed by atoms with Crippen LogP contribution < -0.4 is 5.32 Å². The molecule has 1 aliphatic heterocycles. The lowest BCUT2D eigenvalue weighted by molar-refractivity contribution is 0.185. The Bertz CT molecular complexity index is 422. The largest absolute Gasteiger partial charge is 0.385 e. The van der Waals surface area contributed by atoms with Crippen molar-refractivity contribution < 1.29 is 4.74 Å². The van der Waals surface area contributed by atoms with Gasteiger partial charge in [-0.05, 0) is 52.9 Å². The summed E-state index contributed by atoms with van der Waals surface area (Å²) < 4.78 is 6.18. The van der Waals surface area contributed by atoms with E-state index in [1.807, 2.05) is 18.2 Å². The van der Waals surface area contributed by atoms with E-state index in [0.717, 1.165) is 36.3 Å². The van der Waals surface area contributed by atoms with Gasteiger partial charge in [-0.3, -0.25) is 0 Å². The molecule has 1 saturated heterocycles. The molecule has 3 nitrogen and oxygen atoms in total. The molecule has 0 bridgehead atoms. The van der Waals surface area contributed by atoms with Crippen molar-refractivity contribution in [3.8, 4) is 6.07 Å². The fourth-order valence-electron chi connectivity index (χ4n) is 1.95. The molecule has 0 spiro atoms. The van der Waals surface area contributed by atoms with Crippen LogP contribution in [0.15, 0.2) is 22.7 Å². The van der Waals surface area contributed by atoms with Crippen LogP contribution in [-0.4, -0.2) is 19.8 Å². The predicted molar refractivity (Wildman–Crippen MR) is 70.9 cm³/mol. The van der Waals surface area contributed by atoms with Gasteiger partial charge in [0.1, 0.15) is 6.07 Å². The van der Waals surface area contributed by atoms with E-state index in [4.69, 9.17) is 10.00 Å². The zero-order chi connectivity index (χ0) is 12.1. The van der Waals surface area contributed by atoms with Gasteiger partial charge in [0.05, 0.1) is 5.56 Å². The molecule has 0 amide bonds. The fourth-order valence-corrected chi connectivity index (χ4v) is 2.41. The molecule has 17 heavy (non-hydrogen) atoms. The first-order valence-electron chi connectivity index (χ1n) is 5.81. The van der Waals surface area contributed by atoms with E-state index in [1.165, 1.54) is 6.42 Å². The summed E-state index contributed by atoms with van der Waals surface area (Å²) in [5, 5.41) is 12.2. The number of halogens is 1. The molecule has 0 radical (unpaired) electrons. The van der Waals surface area contributed by atoms with Crippen LogP contribution in [0.1, 0.15) is 18.4 Å². The molecule has 4 heteroatoms. The zero-order valence-corrected chi connectivity index (χ0v) is 11.2. The maximum atomic E-state index is 8.81. The van der Waals surface area contributed by atoms with Crippen LogP contribution in [0, 0.1) is 17.2 Å². The number of anilines is 1. The van der Waals surface area contributed by atoms with E-state index >= 15 is 0 Å². The van der Waals surface area contributed by atoms with Crippen LogP contribution in [-0.2, 0) is 4.74 Å². The molecule has 0 saturated carbocycles. The van der Waals surface area contributed by atoms with E-state index in [9.17, 15) is 0 Å². The summed E-state index contributed by atoms with van der Waals surface area (Å²) in [6, 6.07) is 7.84. The molecule has 1 aromatic carbocycles. The van der Waals surface area contributed by atoms with E-state index < -0.39 is 0 Å². The third kappa shape index (κ3) is 3.45. The van der Waals surface area contributed by atoms with Gasteiger partial charge in [-0.2, -0.15) is 5.26 Å². The minimum absolute atomic E-state index is 0.666. The second-order valence-electron chi connectivity index (χ2n) is 4.25. The van der Waals surface area contributed by atoms with Crippen LogP contribution in [0.3, 0.4) is 0 Å². The van der Waals surface area contributed by atoms with Crippen molar-refractivity contribution in [2.45, 2.75) is 12.8 Å². The van der Waals surface area contributed by atoms with Crippen molar-refractivity contribution in [2.24, 2.45) is 5.92 Å². The first-order valence-corrected chi connectivity index (χ1v) is 6.60. The number of rotatable bonds is 4. The number of hydrogen-bond donors (Lipinski definition) is 1. The Labute approximate surface area is 110 Å². The Morgan fingerprint density at radius 3 is 3.06 bits per heavy atom. The summed E-state index contributed by atoms with van der Waals surface area (Å²) in [7, 11) is 0. The average molecular weight is 295 g/mol. The van der Waals surface area contributed by atoms with Crippen LogP contribution in [0.25, 0.3) is 0 Å². The molecule has 0 aliphatic carbocycles. The van der Waals surface area contributed by atoms with Gasteiger partial charge >= 0.3 is 0 Å². The van der Waals surface area contributed by atoms with Crippen LogP contribution in [0.2, 0.25) is 0 Å². The Morgan fingerprint density at radius 1 is 1.53 bits per heavy atom. The van der Waals surface area contributed by atoms with E-state index in [1.54, 1.807) is 0 Å². The number of hydrogen-bond acceptors (Lipinski definition) is 3. The van der Waals surface area contributed by atoms with Crippen molar-refractivity contribution in [1.29, 1.82) is 5.26 Å². The Balaban J connectivity index is 1.82. The quantitative estimate of drug-likeness (QED) is 0.928. The van der Waals surface area contributed by atoms with Gasteiger partial charge in [0.2, 0.25) is 0 Å². The van der Waals surface area contributed by atoms with Crippen molar-refractivity contribution in [3.05, 3.63) is 28.2 Å². The standard InChI is InChI=1S/C13H15BrN2O/c14-13-7-12(2-1-11(13)8-15)16-5-3-10-4-6-17-9-10/h1-2,7,10,16H,3-6,9H2. The van der Waals surface area contributed by atoms with Gasteiger partial charge in [0, 0.05) is 29.9 Å². The molecule has 1 heterocycles. The Kier molecular flexibility index (Phi) is 4.41. The molecule has 90 valence electrons. The van der Waals surface area contributed by atoms with Gasteiger partial charge < -0.3 is 10.1 Å². The summed E-state index contributed by atoms with van der Waals surface area (Å²) in [5.74, 6) is 0.698. The van der Waals surface area contributed by atoms with Crippen molar-refractivity contribution in [2.75, 3.05) is 25.1 Å². The van der Waals surface area contributed by atoms with Crippen molar-refractivity contribution in [1.82, 2.24) is 0 Å². The normalized spacial score (nSPS) is 18.9.